The summed E-state index contributed by atoms with van der Waals surface area (Å²) in [5, 5.41) is 9.25. The van der Waals surface area contributed by atoms with E-state index in [1.807, 2.05) is 45.9 Å². The van der Waals surface area contributed by atoms with Crippen molar-refractivity contribution in [3.8, 4) is 0 Å². The van der Waals surface area contributed by atoms with Gasteiger partial charge in [-0.2, -0.15) is 5.10 Å². The number of anilines is 1. The number of benzene rings is 1. The zero-order chi connectivity index (χ0) is 17.0. The molecule has 0 saturated carbocycles. The van der Waals surface area contributed by atoms with Gasteiger partial charge in [0.25, 0.3) is 0 Å². The van der Waals surface area contributed by atoms with Crippen molar-refractivity contribution in [3.63, 3.8) is 0 Å². The molecule has 2 atom stereocenters. The number of carbonyl (C=O) groups is 2. The first-order valence-corrected chi connectivity index (χ1v) is 8.85. The van der Waals surface area contributed by atoms with E-state index >= 15 is 0 Å². The van der Waals surface area contributed by atoms with Gasteiger partial charge in [0.2, 0.25) is 11.8 Å². The third-order valence-electron chi connectivity index (χ3n) is 3.61. The molecular weight excluding hydrogens is 312 g/mol. The lowest BCUT2D eigenvalue weighted by molar-refractivity contribution is -0.123. The van der Waals surface area contributed by atoms with Crippen LogP contribution in [0.2, 0.25) is 0 Å². The van der Waals surface area contributed by atoms with Crippen LogP contribution >= 0.6 is 0 Å². The van der Waals surface area contributed by atoms with Crippen molar-refractivity contribution in [2.24, 2.45) is 9.57 Å². The molecule has 1 aromatic rings. The van der Waals surface area contributed by atoms with Crippen molar-refractivity contribution in [1.82, 2.24) is 5.32 Å². The van der Waals surface area contributed by atoms with E-state index in [1.165, 1.54) is 0 Å². The SMILES string of the molecule is CC(C)=N/N=S1\CNC(=O)C1CC(=O)Nc1cccc(C)c1C. The molecule has 1 saturated heterocycles. The Kier molecular flexibility index (Phi) is 5.65. The number of hydrogen-bond donors (Lipinski definition) is 2. The number of hydrogen-bond acceptors (Lipinski definition) is 3. The number of amides is 2. The zero-order valence-electron chi connectivity index (χ0n) is 13.8. The van der Waals surface area contributed by atoms with E-state index in [4.69, 9.17) is 0 Å². The van der Waals surface area contributed by atoms with Crippen LogP contribution in [-0.4, -0.2) is 28.7 Å². The minimum absolute atomic E-state index is 0.115. The molecule has 0 aliphatic carbocycles. The van der Waals surface area contributed by atoms with E-state index in [-0.39, 0.29) is 18.2 Å². The summed E-state index contributed by atoms with van der Waals surface area (Å²) < 4.78 is 4.20. The van der Waals surface area contributed by atoms with Gasteiger partial charge in [0.1, 0.15) is 5.25 Å². The second kappa shape index (κ2) is 7.50. The molecule has 1 heterocycles. The van der Waals surface area contributed by atoms with E-state index < -0.39 is 15.9 Å². The summed E-state index contributed by atoms with van der Waals surface area (Å²) in [6, 6.07) is 5.76. The molecule has 0 bridgehead atoms. The maximum Gasteiger partial charge on any atom is 0.235 e. The van der Waals surface area contributed by atoms with Crippen molar-refractivity contribution >= 4 is 33.9 Å². The van der Waals surface area contributed by atoms with E-state index in [1.54, 1.807) is 0 Å². The number of carbonyl (C=O) groups excluding carboxylic acids is 2. The maximum absolute atomic E-state index is 12.3. The van der Waals surface area contributed by atoms with Crippen LogP contribution in [0.5, 0.6) is 0 Å². The van der Waals surface area contributed by atoms with E-state index in [9.17, 15) is 9.59 Å². The van der Waals surface area contributed by atoms with Gasteiger partial charge in [-0.05, 0) is 55.6 Å². The van der Waals surface area contributed by atoms with Crippen LogP contribution in [0.25, 0.3) is 0 Å². The van der Waals surface area contributed by atoms with Crippen LogP contribution in [0.1, 0.15) is 31.4 Å². The van der Waals surface area contributed by atoms with E-state index in [0.717, 1.165) is 22.5 Å². The topological polar surface area (TPSA) is 82.9 Å². The molecule has 2 N–H and O–H groups in total. The van der Waals surface area contributed by atoms with Crippen molar-refractivity contribution in [1.29, 1.82) is 0 Å². The van der Waals surface area contributed by atoms with E-state index in [0.29, 0.717) is 5.88 Å². The van der Waals surface area contributed by atoms with Crippen LogP contribution in [0.15, 0.2) is 27.8 Å². The van der Waals surface area contributed by atoms with Crippen molar-refractivity contribution < 1.29 is 9.59 Å². The lowest BCUT2D eigenvalue weighted by Gasteiger charge is -2.12. The van der Waals surface area contributed by atoms with Gasteiger partial charge in [-0.1, -0.05) is 12.1 Å². The summed E-state index contributed by atoms with van der Waals surface area (Å²) >= 11 is 0. The third-order valence-corrected chi connectivity index (χ3v) is 5.38. The van der Waals surface area contributed by atoms with Gasteiger partial charge in [-0.25, -0.2) is 0 Å². The van der Waals surface area contributed by atoms with Gasteiger partial charge >= 0.3 is 0 Å². The molecule has 2 rings (SSSR count). The molecule has 6 nitrogen and oxygen atoms in total. The van der Waals surface area contributed by atoms with Gasteiger partial charge in [-0.3, -0.25) is 9.59 Å². The molecular formula is C16H22N4O2S. The highest BCUT2D eigenvalue weighted by molar-refractivity contribution is 7.89. The molecule has 23 heavy (non-hydrogen) atoms. The Morgan fingerprint density at radius 1 is 1.39 bits per heavy atom. The van der Waals surface area contributed by atoms with Crippen molar-refractivity contribution in [3.05, 3.63) is 29.3 Å². The largest absolute Gasteiger partial charge is 0.345 e. The standard InChI is InChI=1S/C16H22N4O2S/c1-10(2)19-20-23-9-17-16(22)14(23)8-15(21)18-13-7-5-6-11(3)12(13)4/h5-7,14H,8-9H2,1-4H3,(H,17,22)(H,18,21). The predicted molar refractivity (Wildman–Crippen MR) is 94.5 cm³/mol. The predicted octanol–water partition coefficient (Wildman–Crippen LogP) is 2.29. The summed E-state index contributed by atoms with van der Waals surface area (Å²) in [4.78, 5) is 24.2. The Morgan fingerprint density at radius 3 is 2.83 bits per heavy atom. The average molecular weight is 334 g/mol. The van der Waals surface area contributed by atoms with Crippen LogP contribution < -0.4 is 10.6 Å². The second-order valence-electron chi connectivity index (χ2n) is 5.70. The Bertz CT molecular complexity index is 693. The second-order valence-corrected chi connectivity index (χ2v) is 7.53. The minimum Gasteiger partial charge on any atom is -0.345 e. The monoisotopic (exact) mass is 334 g/mol. The molecule has 0 spiro atoms. The maximum atomic E-state index is 12.3. The lowest BCUT2D eigenvalue weighted by atomic mass is 10.1. The lowest BCUT2D eigenvalue weighted by Crippen LogP contribution is -2.29. The fraction of sp³-hybridized carbons (Fsp3) is 0.438. The summed E-state index contributed by atoms with van der Waals surface area (Å²) in [5.41, 5.74) is 3.76. The summed E-state index contributed by atoms with van der Waals surface area (Å²) in [7, 11) is -0.588. The molecule has 7 heteroatoms. The van der Waals surface area contributed by atoms with Crippen LogP contribution in [0, 0.1) is 13.8 Å². The first-order chi connectivity index (χ1) is 10.9. The molecule has 1 aliphatic heterocycles. The molecule has 1 aliphatic rings. The molecule has 0 radical (unpaired) electrons. The molecule has 0 aromatic heterocycles. The summed E-state index contributed by atoms with van der Waals surface area (Å²) in [6.45, 7) is 7.66. The highest BCUT2D eigenvalue weighted by Gasteiger charge is 2.32. The number of nitrogens with zero attached hydrogens (tertiary/aromatic N) is 2. The zero-order valence-corrected chi connectivity index (χ0v) is 14.7. The van der Waals surface area contributed by atoms with Crippen molar-refractivity contribution in [2.45, 2.75) is 39.4 Å². The molecule has 1 aromatic carbocycles. The van der Waals surface area contributed by atoms with E-state index in [2.05, 4.69) is 20.2 Å². The molecule has 1 fully saturated rings. The van der Waals surface area contributed by atoms with Gasteiger partial charge < -0.3 is 10.6 Å². The quantitative estimate of drug-likeness (QED) is 0.654. The smallest absolute Gasteiger partial charge is 0.235 e. The summed E-state index contributed by atoms with van der Waals surface area (Å²) in [5.74, 6) is 0.152. The van der Waals surface area contributed by atoms with Crippen LogP contribution in [0.4, 0.5) is 5.69 Å². The molecule has 2 unspecified atom stereocenters. The normalized spacial score (nSPS) is 20.3. The first-order valence-electron chi connectivity index (χ1n) is 7.44. The first kappa shape index (κ1) is 17.3. The minimum atomic E-state index is -0.588. The van der Waals surface area contributed by atoms with Crippen LogP contribution in [-0.2, 0) is 20.3 Å². The fourth-order valence-electron chi connectivity index (χ4n) is 2.15. The van der Waals surface area contributed by atoms with Crippen molar-refractivity contribution in [2.75, 3.05) is 11.2 Å². The third kappa shape index (κ3) is 4.48. The number of rotatable bonds is 4. The Labute approximate surface area is 138 Å². The summed E-state index contributed by atoms with van der Waals surface area (Å²) in [6.07, 6.45) is 0.115. The fourth-order valence-corrected chi connectivity index (χ4v) is 3.75. The average Bonchev–Trinajstić information content (AvgIpc) is 2.82. The van der Waals surface area contributed by atoms with Gasteiger partial charge in [0.05, 0.1) is 5.88 Å². The Balaban J connectivity index is 2.09. The number of aryl methyl sites for hydroxylation is 1. The van der Waals surface area contributed by atoms with Gasteiger partial charge in [0.15, 0.2) is 0 Å². The molecule has 124 valence electrons. The van der Waals surface area contributed by atoms with Gasteiger partial charge in [-0.15, -0.1) is 4.47 Å². The van der Waals surface area contributed by atoms with Gasteiger partial charge in [0, 0.05) is 17.8 Å². The Hall–Kier alpha value is -2.02. The highest BCUT2D eigenvalue weighted by atomic mass is 32.2. The number of nitrogens with one attached hydrogen (secondary N) is 2. The highest BCUT2D eigenvalue weighted by Crippen LogP contribution is 2.19. The molecule has 2 amide bonds. The Morgan fingerprint density at radius 2 is 2.13 bits per heavy atom. The van der Waals surface area contributed by atoms with Crippen LogP contribution in [0.3, 0.4) is 0 Å².